The number of rotatable bonds is 13. The number of urea groups is 2. The van der Waals surface area contributed by atoms with Crippen LogP contribution in [0.15, 0.2) is 0 Å². The lowest BCUT2D eigenvalue weighted by atomic mass is 10.1. The first-order valence-corrected chi connectivity index (χ1v) is 8.55. The molecule has 0 aliphatic carbocycles. The molecule has 0 aromatic rings. The summed E-state index contributed by atoms with van der Waals surface area (Å²) in [4.78, 5) is 45.3. The molecule has 0 aromatic heterocycles. The zero-order valence-electron chi connectivity index (χ0n) is 15.9. The Bertz CT molecular complexity index is 517. The molecule has 0 aliphatic heterocycles. The van der Waals surface area contributed by atoms with Crippen molar-refractivity contribution in [3.8, 4) is 0 Å². The number of primary amides is 1. The lowest BCUT2D eigenvalue weighted by Crippen LogP contribution is -2.56. The molecule has 0 saturated carbocycles. The molecule has 6 amide bonds. The van der Waals surface area contributed by atoms with Crippen LogP contribution < -0.4 is 27.0 Å². The normalized spacial score (nSPS) is 13.7. The summed E-state index contributed by atoms with van der Waals surface area (Å²) in [5.74, 6) is -1.03. The predicted octanol–water partition coefficient (Wildman–Crippen LogP) is -3.24. The molecule has 162 valence electrons. The number of hydrogen-bond donors (Lipinski definition) is 7. The Hall–Kier alpha value is -2.48. The number of aliphatic hydroxyl groups excluding tert-OH is 2. The highest BCUT2D eigenvalue weighted by Crippen LogP contribution is 1.93. The van der Waals surface area contributed by atoms with Gasteiger partial charge in [0, 0.05) is 12.6 Å². The molecule has 0 spiro atoms. The second-order valence-corrected chi connectivity index (χ2v) is 5.79. The first-order chi connectivity index (χ1) is 13.2. The Morgan fingerprint density at radius 3 is 2.25 bits per heavy atom. The fraction of sp³-hybridized carbons (Fsp3) is 0.733. The first-order valence-electron chi connectivity index (χ1n) is 8.55. The van der Waals surface area contributed by atoms with Crippen LogP contribution in [0.25, 0.3) is 0 Å². The number of carbonyl (C=O) groups is 4. The molecule has 2 unspecified atom stereocenters. The van der Waals surface area contributed by atoms with Gasteiger partial charge in [-0.1, -0.05) is 0 Å². The largest absolute Gasteiger partial charge is 0.394 e. The van der Waals surface area contributed by atoms with E-state index in [1.165, 1.54) is 6.92 Å². The van der Waals surface area contributed by atoms with Crippen LogP contribution in [-0.2, 0) is 19.1 Å². The van der Waals surface area contributed by atoms with Crippen molar-refractivity contribution in [1.29, 1.82) is 0 Å². The van der Waals surface area contributed by atoms with Gasteiger partial charge >= 0.3 is 12.1 Å². The highest BCUT2D eigenvalue weighted by molar-refractivity contribution is 5.95. The molecule has 28 heavy (non-hydrogen) atoms. The van der Waals surface area contributed by atoms with Gasteiger partial charge in [-0.15, -0.1) is 0 Å². The van der Waals surface area contributed by atoms with E-state index in [1.807, 2.05) is 0 Å². The zero-order valence-corrected chi connectivity index (χ0v) is 15.9. The van der Waals surface area contributed by atoms with Crippen molar-refractivity contribution >= 4 is 23.9 Å². The molecule has 0 rings (SSSR count). The number of aliphatic hydroxyl groups is 2. The van der Waals surface area contributed by atoms with Crippen LogP contribution in [0, 0.1) is 0 Å². The minimum atomic E-state index is -1.29. The van der Waals surface area contributed by atoms with Crippen molar-refractivity contribution < 1.29 is 38.9 Å². The first kappa shape index (κ1) is 25.5. The van der Waals surface area contributed by atoms with Crippen molar-refractivity contribution in [1.82, 2.24) is 21.3 Å². The topological polar surface area (TPSA) is 201 Å². The van der Waals surface area contributed by atoms with E-state index >= 15 is 0 Å². The molecule has 0 aromatic carbocycles. The molecule has 8 N–H and O–H groups in total. The van der Waals surface area contributed by atoms with Crippen LogP contribution in [0.1, 0.15) is 13.8 Å². The van der Waals surface area contributed by atoms with Gasteiger partial charge in [0.15, 0.2) is 0 Å². The second kappa shape index (κ2) is 14.6. The summed E-state index contributed by atoms with van der Waals surface area (Å²) in [7, 11) is 0. The van der Waals surface area contributed by atoms with E-state index in [1.54, 1.807) is 12.2 Å². The van der Waals surface area contributed by atoms with E-state index < -0.39 is 30.1 Å². The van der Waals surface area contributed by atoms with E-state index in [0.29, 0.717) is 0 Å². The van der Waals surface area contributed by atoms with E-state index in [-0.39, 0.29) is 51.5 Å². The Labute approximate surface area is 162 Å². The summed E-state index contributed by atoms with van der Waals surface area (Å²) in [6, 6.07) is -3.75. The fourth-order valence-electron chi connectivity index (χ4n) is 1.80. The zero-order chi connectivity index (χ0) is 21.5. The molecule has 3 atom stereocenters. The van der Waals surface area contributed by atoms with E-state index in [9.17, 15) is 24.3 Å². The van der Waals surface area contributed by atoms with Crippen LogP contribution >= 0.6 is 0 Å². The van der Waals surface area contributed by atoms with E-state index in [4.69, 9.17) is 20.3 Å². The monoisotopic (exact) mass is 407 g/mol. The summed E-state index contributed by atoms with van der Waals surface area (Å²) < 4.78 is 10.3. The molecule has 13 nitrogen and oxygen atoms in total. The Morgan fingerprint density at radius 1 is 1.04 bits per heavy atom. The van der Waals surface area contributed by atoms with Gasteiger partial charge in [-0.3, -0.25) is 14.9 Å². The van der Waals surface area contributed by atoms with Crippen LogP contribution in [0.3, 0.4) is 0 Å². The lowest BCUT2D eigenvalue weighted by molar-refractivity contribution is -0.127. The summed E-state index contributed by atoms with van der Waals surface area (Å²) in [6.45, 7) is 3.16. The summed E-state index contributed by atoms with van der Waals surface area (Å²) in [5, 5.41) is 27.2. The number of nitrogens with one attached hydrogen (secondary N) is 4. The molecule has 0 fully saturated rings. The van der Waals surface area contributed by atoms with Crippen LogP contribution in [-0.4, -0.2) is 91.9 Å². The highest BCUT2D eigenvalue weighted by atomic mass is 16.5. The summed E-state index contributed by atoms with van der Waals surface area (Å²) >= 11 is 0. The van der Waals surface area contributed by atoms with Gasteiger partial charge in [-0.25, -0.2) is 9.59 Å². The van der Waals surface area contributed by atoms with Crippen molar-refractivity contribution in [2.75, 3.05) is 39.6 Å². The van der Waals surface area contributed by atoms with Gasteiger partial charge in [0.1, 0.15) is 12.6 Å². The van der Waals surface area contributed by atoms with Crippen molar-refractivity contribution in [2.45, 2.75) is 32.0 Å². The van der Waals surface area contributed by atoms with Gasteiger partial charge in [0.05, 0.1) is 32.5 Å². The maximum atomic E-state index is 12.0. The third-order valence-corrected chi connectivity index (χ3v) is 3.12. The number of ether oxygens (including phenoxy) is 2. The number of carbonyl (C=O) groups excluding carboxylic acids is 4. The van der Waals surface area contributed by atoms with E-state index in [0.717, 1.165) is 0 Å². The molecule has 0 radical (unpaired) electrons. The van der Waals surface area contributed by atoms with Crippen molar-refractivity contribution in [3.63, 3.8) is 0 Å². The highest BCUT2D eigenvalue weighted by Gasteiger charge is 2.25. The lowest BCUT2D eigenvalue weighted by Gasteiger charge is -2.20. The van der Waals surface area contributed by atoms with Crippen LogP contribution in [0.5, 0.6) is 0 Å². The predicted molar refractivity (Wildman–Crippen MR) is 96.1 cm³/mol. The minimum absolute atomic E-state index is 0.0929. The second-order valence-electron chi connectivity index (χ2n) is 5.79. The van der Waals surface area contributed by atoms with Crippen molar-refractivity contribution in [2.24, 2.45) is 5.73 Å². The Morgan fingerprint density at radius 2 is 1.68 bits per heavy atom. The molecule has 0 bridgehead atoms. The van der Waals surface area contributed by atoms with Gasteiger partial charge in [0.25, 0.3) is 0 Å². The molecule has 13 heteroatoms. The summed E-state index contributed by atoms with van der Waals surface area (Å²) in [5.41, 5.74) is 4.78. The Balaban J connectivity index is 3.90. The average molecular weight is 407 g/mol. The standard InChI is InChI=1S/C15H29N5O8/c1-9(7-21)18-11(23)8-28-6-5-27-4-3-17-13(24)12(10(2)22)19-15(26)20-14(16)25/h9-10,12,21-22H,3-8H2,1-2H3,(H,17,24)(H,18,23)(H4,16,19,20,25,26)/t9-,10?,12?/m0/s1. The number of amides is 6. The van der Waals surface area contributed by atoms with Crippen molar-refractivity contribution in [3.05, 3.63) is 0 Å². The smallest absolute Gasteiger partial charge is 0.323 e. The fourth-order valence-corrected chi connectivity index (χ4v) is 1.80. The maximum Gasteiger partial charge on any atom is 0.323 e. The molecule has 0 saturated heterocycles. The van der Waals surface area contributed by atoms with Gasteiger partial charge in [-0.05, 0) is 13.8 Å². The third-order valence-electron chi connectivity index (χ3n) is 3.12. The Kier molecular flexibility index (Phi) is 13.3. The number of hydrogen-bond acceptors (Lipinski definition) is 8. The van der Waals surface area contributed by atoms with Crippen LogP contribution in [0.2, 0.25) is 0 Å². The van der Waals surface area contributed by atoms with Gasteiger partial charge in [0.2, 0.25) is 11.8 Å². The average Bonchev–Trinajstić information content (AvgIpc) is 2.60. The molecular formula is C15H29N5O8. The third kappa shape index (κ3) is 12.8. The maximum absolute atomic E-state index is 12.0. The van der Waals surface area contributed by atoms with Gasteiger partial charge in [-0.2, -0.15) is 0 Å². The molecular weight excluding hydrogens is 378 g/mol. The summed E-state index contributed by atoms with van der Waals surface area (Å²) in [6.07, 6.45) is -1.22. The quantitative estimate of drug-likeness (QED) is 0.154. The SMILES string of the molecule is CC(O)C(NC(=O)NC(N)=O)C(=O)NCCOCCOCC(=O)N[C@@H](C)CO. The van der Waals surface area contributed by atoms with Gasteiger partial charge < -0.3 is 41.4 Å². The molecule has 0 aliphatic rings. The van der Waals surface area contributed by atoms with E-state index in [2.05, 4.69) is 16.0 Å². The number of nitrogens with two attached hydrogens (primary N) is 1. The van der Waals surface area contributed by atoms with Crippen LogP contribution in [0.4, 0.5) is 9.59 Å². The minimum Gasteiger partial charge on any atom is -0.394 e. The molecule has 0 heterocycles. The number of imide groups is 1.